The second kappa shape index (κ2) is 7.15. The number of fused-ring (bicyclic) bond motifs is 1. The van der Waals surface area contributed by atoms with E-state index in [4.69, 9.17) is 4.98 Å². The Balaban J connectivity index is 1.74. The summed E-state index contributed by atoms with van der Waals surface area (Å²) in [6.45, 7) is 3.32. The molecule has 27 heavy (non-hydrogen) atoms. The molecule has 0 aliphatic carbocycles. The van der Waals surface area contributed by atoms with Crippen LogP contribution in [0.15, 0.2) is 59.7 Å². The molecule has 0 atom stereocenters. The quantitative estimate of drug-likeness (QED) is 0.669. The standard InChI is InChI=1S/C21H20N4O2/c1-15-19(17-8-10-22-11-9-17)23-21-24(12-5-13-25(21)20(15)27)14-18(26)16-6-3-2-4-7-16/h2-4,6-11H,5,12-14H2,1H3. The number of anilines is 1. The van der Waals surface area contributed by atoms with Crippen molar-refractivity contribution in [1.82, 2.24) is 14.5 Å². The molecule has 0 bridgehead atoms. The van der Waals surface area contributed by atoms with Crippen LogP contribution in [0.25, 0.3) is 11.3 Å². The lowest BCUT2D eigenvalue weighted by atomic mass is 10.1. The number of carbonyl (C=O) groups is 1. The number of hydrogen-bond acceptors (Lipinski definition) is 5. The number of hydrogen-bond donors (Lipinski definition) is 0. The maximum atomic E-state index is 12.9. The van der Waals surface area contributed by atoms with E-state index in [0.717, 1.165) is 12.0 Å². The maximum Gasteiger partial charge on any atom is 0.258 e. The van der Waals surface area contributed by atoms with Crippen LogP contribution in [0.4, 0.5) is 5.95 Å². The van der Waals surface area contributed by atoms with Crippen molar-refractivity contribution in [3.8, 4) is 11.3 Å². The molecular weight excluding hydrogens is 340 g/mol. The number of aromatic nitrogens is 3. The summed E-state index contributed by atoms with van der Waals surface area (Å²) in [5, 5.41) is 0. The molecule has 2 aromatic heterocycles. The van der Waals surface area contributed by atoms with E-state index in [0.29, 0.717) is 35.9 Å². The number of ketones is 1. The van der Waals surface area contributed by atoms with Gasteiger partial charge in [-0.25, -0.2) is 4.98 Å². The molecule has 6 nitrogen and oxygen atoms in total. The lowest BCUT2D eigenvalue weighted by Gasteiger charge is -2.31. The fraction of sp³-hybridized carbons (Fsp3) is 0.238. The number of nitrogens with zero attached hydrogens (tertiary/aromatic N) is 4. The molecular formula is C21H20N4O2. The highest BCUT2D eigenvalue weighted by Gasteiger charge is 2.24. The normalized spacial score (nSPS) is 13.3. The van der Waals surface area contributed by atoms with Crippen LogP contribution in [0, 0.1) is 6.92 Å². The van der Waals surface area contributed by atoms with Crippen LogP contribution < -0.4 is 10.5 Å². The summed E-state index contributed by atoms with van der Waals surface area (Å²) < 4.78 is 1.68. The molecule has 1 aliphatic rings. The number of carbonyl (C=O) groups excluding carboxylic acids is 1. The van der Waals surface area contributed by atoms with Crippen molar-refractivity contribution in [1.29, 1.82) is 0 Å². The Morgan fingerprint density at radius 1 is 1.07 bits per heavy atom. The van der Waals surface area contributed by atoms with Crippen LogP contribution in [-0.4, -0.2) is 33.4 Å². The van der Waals surface area contributed by atoms with E-state index >= 15 is 0 Å². The lowest BCUT2D eigenvalue weighted by molar-refractivity contribution is 0.0997. The van der Waals surface area contributed by atoms with Crippen molar-refractivity contribution in [2.24, 2.45) is 0 Å². The zero-order valence-electron chi connectivity index (χ0n) is 15.1. The molecule has 0 N–H and O–H groups in total. The van der Waals surface area contributed by atoms with Crippen LogP contribution in [-0.2, 0) is 6.54 Å². The highest BCUT2D eigenvalue weighted by Crippen LogP contribution is 2.24. The first-order valence-electron chi connectivity index (χ1n) is 9.00. The third-order valence-electron chi connectivity index (χ3n) is 4.85. The van der Waals surface area contributed by atoms with Gasteiger partial charge in [0.25, 0.3) is 5.56 Å². The SMILES string of the molecule is Cc1c(-c2ccncc2)nc2n(c1=O)CCCN2CC(=O)c1ccccc1. The minimum absolute atomic E-state index is 0.0179. The van der Waals surface area contributed by atoms with Gasteiger partial charge in [-0.05, 0) is 25.5 Å². The van der Waals surface area contributed by atoms with Crippen molar-refractivity contribution in [2.75, 3.05) is 18.0 Å². The Hall–Kier alpha value is -3.28. The van der Waals surface area contributed by atoms with Gasteiger partial charge in [-0.15, -0.1) is 0 Å². The largest absolute Gasteiger partial charge is 0.334 e. The van der Waals surface area contributed by atoms with E-state index in [-0.39, 0.29) is 17.9 Å². The fourth-order valence-electron chi connectivity index (χ4n) is 3.43. The summed E-state index contributed by atoms with van der Waals surface area (Å²) in [7, 11) is 0. The van der Waals surface area contributed by atoms with Gasteiger partial charge in [-0.3, -0.25) is 19.1 Å². The first-order chi connectivity index (χ1) is 13.1. The van der Waals surface area contributed by atoms with E-state index in [9.17, 15) is 9.59 Å². The monoisotopic (exact) mass is 360 g/mol. The van der Waals surface area contributed by atoms with E-state index in [1.54, 1.807) is 23.9 Å². The maximum absolute atomic E-state index is 12.9. The van der Waals surface area contributed by atoms with Crippen molar-refractivity contribution in [2.45, 2.75) is 19.9 Å². The Bertz CT molecular complexity index is 1030. The van der Waals surface area contributed by atoms with Gasteiger partial charge in [0, 0.05) is 42.2 Å². The Kier molecular flexibility index (Phi) is 4.54. The molecule has 1 aromatic carbocycles. The van der Waals surface area contributed by atoms with Gasteiger partial charge in [0.1, 0.15) is 0 Å². The van der Waals surface area contributed by atoms with Crippen LogP contribution in [0.3, 0.4) is 0 Å². The van der Waals surface area contributed by atoms with Gasteiger partial charge in [0.15, 0.2) is 5.78 Å². The van der Waals surface area contributed by atoms with Gasteiger partial charge in [0.2, 0.25) is 5.95 Å². The lowest BCUT2D eigenvalue weighted by Crippen LogP contribution is -2.42. The van der Waals surface area contributed by atoms with Crippen molar-refractivity contribution in [3.05, 3.63) is 76.3 Å². The molecule has 0 amide bonds. The highest BCUT2D eigenvalue weighted by atomic mass is 16.1. The summed E-state index contributed by atoms with van der Waals surface area (Å²) in [6, 6.07) is 12.9. The van der Waals surface area contributed by atoms with E-state index in [2.05, 4.69) is 4.98 Å². The predicted octanol–water partition coefficient (Wildman–Crippen LogP) is 2.71. The summed E-state index contributed by atoms with van der Waals surface area (Å²) in [4.78, 5) is 36.3. The summed E-state index contributed by atoms with van der Waals surface area (Å²) in [6.07, 6.45) is 4.18. The van der Waals surface area contributed by atoms with Crippen LogP contribution in [0.1, 0.15) is 22.3 Å². The molecule has 6 heteroatoms. The first kappa shape index (κ1) is 17.1. The molecule has 0 spiro atoms. The second-order valence-corrected chi connectivity index (χ2v) is 6.64. The predicted molar refractivity (Wildman–Crippen MR) is 104 cm³/mol. The van der Waals surface area contributed by atoms with Crippen molar-refractivity contribution in [3.63, 3.8) is 0 Å². The molecule has 4 rings (SSSR count). The van der Waals surface area contributed by atoms with Crippen molar-refractivity contribution < 1.29 is 4.79 Å². The van der Waals surface area contributed by atoms with E-state index in [1.807, 2.05) is 47.4 Å². The molecule has 0 radical (unpaired) electrons. The molecule has 3 aromatic rings. The first-order valence-corrected chi connectivity index (χ1v) is 9.00. The van der Waals surface area contributed by atoms with Crippen molar-refractivity contribution >= 4 is 11.7 Å². The Labute approximate surface area is 157 Å². The second-order valence-electron chi connectivity index (χ2n) is 6.64. The number of pyridine rings is 1. The van der Waals surface area contributed by atoms with E-state index < -0.39 is 0 Å². The minimum atomic E-state index is -0.0522. The summed E-state index contributed by atoms with van der Waals surface area (Å²) >= 11 is 0. The number of benzene rings is 1. The highest BCUT2D eigenvalue weighted by molar-refractivity contribution is 5.99. The number of rotatable bonds is 4. The molecule has 0 unspecified atom stereocenters. The minimum Gasteiger partial charge on any atom is -0.334 e. The Morgan fingerprint density at radius 2 is 1.81 bits per heavy atom. The third-order valence-corrected chi connectivity index (χ3v) is 4.85. The van der Waals surface area contributed by atoms with Gasteiger partial charge >= 0.3 is 0 Å². The molecule has 136 valence electrons. The molecule has 1 aliphatic heterocycles. The van der Waals surface area contributed by atoms with Gasteiger partial charge in [-0.1, -0.05) is 30.3 Å². The molecule has 3 heterocycles. The molecule has 0 saturated heterocycles. The third kappa shape index (κ3) is 3.26. The summed E-state index contributed by atoms with van der Waals surface area (Å²) in [5.74, 6) is 0.581. The van der Waals surface area contributed by atoms with Gasteiger partial charge < -0.3 is 4.90 Å². The van der Waals surface area contributed by atoms with Gasteiger partial charge in [0.05, 0.1) is 12.2 Å². The average molecular weight is 360 g/mol. The topological polar surface area (TPSA) is 68.1 Å². The zero-order valence-corrected chi connectivity index (χ0v) is 15.1. The average Bonchev–Trinajstić information content (AvgIpc) is 2.72. The fourth-order valence-corrected chi connectivity index (χ4v) is 3.43. The van der Waals surface area contributed by atoms with Crippen LogP contribution >= 0.6 is 0 Å². The number of Topliss-reactive ketones (excluding diaryl/α,β-unsaturated/α-hetero) is 1. The molecule has 0 fully saturated rings. The smallest absolute Gasteiger partial charge is 0.258 e. The Morgan fingerprint density at radius 3 is 2.56 bits per heavy atom. The van der Waals surface area contributed by atoms with Crippen LogP contribution in [0.2, 0.25) is 0 Å². The van der Waals surface area contributed by atoms with Gasteiger partial charge in [-0.2, -0.15) is 0 Å². The zero-order chi connectivity index (χ0) is 18.8. The van der Waals surface area contributed by atoms with Crippen LogP contribution in [0.5, 0.6) is 0 Å². The molecule has 0 saturated carbocycles. The van der Waals surface area contributed by atoms with E-state index in [1.165, 1.54) is 0 Å². The summed E-state index contributed by atoms with van der Waals surface area (Å²) in [5.41, 5.74) is 2.72.